The minimum Gasteiger partial charge on any atom is -0.481 e. The van der Waals surface area contributed by atoms with Crippen LogP contribution in [0.4, 0.5) is 0 Å². The number of likely N-dealkylation sites (tertiary alicyclic amines) is 1. The summed E-state index contributed by atoms with van der Waals surface area (Å²) in [6.07, 6.45) is 3.01. The fourth-order valence-electron chi connectivity index (χ4n) is 3.14. The van der Waals surface area contributed by atoms with Crippen LogP contribution in [0.1, 0.15) is 39.0 Å². The van der Waals surface area contributed by atoms with Crippen LogP contribution in [0.25, 0.3) is 0 Å². The second kappa shape index (κ2) is 6.24. The number of carbonyl (C=O) groups excluding carboxylic acids is 2. The molecule has 2 saturated heterocycles. The van der Waals surface area contributed by atoms with Crippen molar-refractivity contribution in [1.29, 1.82) is 0 Å². The van der Waals surface area contributed by atoms with Crippen LogP contribution in [0.15, 0.2) is 0 Å². The summed E-state index contributed by atoms with van der Waals surface area (Å²) in [5.41, 5.74) is 0. The fraction of sp³-hybridized carbons (Fsp3) is 0.786. The lowest BCUT2D eigenvalue weighted by Gasteiger charge is -2.36. The fourth-order valence-corrected chi connectivity index (χ4v) is 3.14. The van der Waals surface area contributed by atoms with Crippen molar-refractivity contribution in [3.63, 3.8) is 0 Å². The van der Waals surface area contributed by atoms with Crippen molar-refractivity contribution in [3.8, 4) is 0 Å². The number of carbonyl (C=O) groups is 3. The lowest BCUT2D eigenvalue weighted by Crippen LogP contribution is -2.49. The number of carboxylic acid groups (broad SMARTS) is 1. The Bertz CT molecular complexity index is 410. The third kappa shape index (κ3) is 3.49. The number of nitrogens with zero attached hydrogens (tertiary/aromatic N) is 1. The molecule has 0 aromatic rings. The normalized spacial score (nSPS) is 28.1. The first-order chi connectivity index (χ1) is 9.47. The van der Waals surface area contributed by atoms with Gasteiger partial charge in [0.05, 0.1) is 0 Å². The summed E-state index contributed by atoms with van der Waals surface area (Å²) in [4.78, 5) is 36.1. The molecule has 0 aliphatic carbocycles. The van der Waals surface area contributed by atoms with Crippen molar-refractivity contribution in [2.24, 2.45) is 11.8 Å². The Morgan fingerprint density at radius 1 is 1.45 bits per heavy atom. The number of carboxylic acids is 1. The molecule has 2 aliphatic rings. The maximum absolute atomic E-state index is 12.3. The van der Waals surface area contributed by atoms with Crippen molar-refractivity contribution in [2.45, 2.75) is 45.1 Å². The van der Waals surface area contributed by atoms with E-state index in [4.69, 9.17) is 5.11 Å². The van der Waals surface area contributed by atoms with Crippen molar-refractivity contribution in [1.82, 2.24) is 10.2 Å². The number of amides is 2. The molecule has 112 valence electrons. The van der Waals surface area contributed by atoms with E-state index in [2.05, 4.69) is 5.32 Å². The molecule has 0 bridgehead atoms. The van der Waals surface area contributed by atoms with Crippen molar-refractivity contribution < 1.29 is 19.5 Å². The van der Waals surface area contributed by atoms with Crippen molar-refractivity contribution >= 4 is 17.8 Å². The van der Waals surface area contributed by atoms with Gasteiger partial charge in [-0.05, 0) is 31.1 Å². The van der Waals surface area contributed by atoms with Gasteiger partial charge in [0.15, 0.2) is 0 Å². The van der Waals surface area contributed by atoms with E-state index in [0.717, 1.165) is 12.8 Å². The molecule has 2 aliphatic heterocycles. The van der Waals surface area contributed by atoms with Crippen molar-refractivity contribution in [3.05, 3.63) is 0 Å². The molecule has 2 fully saturated rings. The summed E-state index contributed by atoms with van der Waals surface area (Å²) >= 11 is 0. The smallest absolute Gasteiger partial charge is 0.303 e. The molecular weight excluding hydrogens is 260 g/mol. The molecule has 3 atom stereocenters. The topological polar surface area (TPSA) is 86.7 Å². The molecule has 0 saturated carbocycles. The van der Waals surface area contributed by atoms with Gasteiger partial charge in [0, 0.05) is 25.9 Å². The lowest BCUT2D eigenvalue weighted by molar-refractivity contribution is -0.139. The van der Waals surface area contributed by atoms with Crippen LogP contribution in [0, 0.1) is 11.8 Å². The van der Waals surface area contributed by atoms with E-state index in [0.29, 0.717) is 25.9 Å². The molecule has 0 spiro atoms. The second-order valence-electron chi connectivity index (χ2n) is 5.92. The Morgan fingerprint density at radius 2 is 2.20 bits per heavy atom. The average Bonchev–Trinajstić information content (AvgIpc) is 2.84. The largest absolute Gasteiger partial charge is 0.481 e. The zero-order valence-electron chi connectivity index (χ0n) is 11.8. The van der Waals surface area contributed by atoms with Gasteiger partial charge in [0.25, 0.3) is 0 Å². The number of rotatable bonds is 4. The molecule has 0 radical (unpaired) electrons. The lowest BCUT2D eigenvalue weighted by atomic mass is 9.84. The quantitative estimate of drug-likeness (QED) is 0.791. The monoisotopic (exact) mass is 282 g/mol. The van der Waals surface area contributed by atoms with Gasteiger partial charge in [0.1, 0.15) is 6.04 Å². The van der Waals surface area contributed by atoms with Gasteiger partial charge in [-0.2, -0.15) is 0 Å². The van der Waals surface area contributed by atoms with Crippen LogP contribution in [0.3, 0.4) is 0 Å². The third-order valence-electron chi connectivity index (χ3n) is 4.36. The second-order valence-corrected chi connectivity index (χ2v) is 5.92. The zero-order chi connectivity index (χ0) is 14.7. The summed E-state index contributed by atoms with van der Waals surface area (Å²) in [6.45, 7) is 3.26. The first-order valence-corrected chi connectivity index (χ1v) is 7.27. The van der Waals surface area contributed by atoms with E-state index in [1.165, 1.54) is 0 Å². The van der Waals surface area contributed by atoms with Gasteiger partial charge in [-0.1, -0.05) is 6.92 Å². The standard InChI is InChI=1S/C14H22N2O4/c1-9(7-13(18)19)10-3-2-6-16(8-10)14(20)11-4-5-12(17)15-11/h9-11H,2-8H2,1H3,(H,15,17)(H,18,19)/t9?,10?,11-/m0/s1. The molecular formula is C14H22N2O4. The number of piperidine rings is 1. The van der Waals surface area contributed by atoms with Crippen LogP contribution in [0.2, 0.25) is 0 Å². The van der Waals surface area contributed by atoms with Crippen LogP contribution in [-0.4, -0.2) is 46.9 Å². The Balaban J connectivity index is 1.91. The summed E-state index contributed by atoms with van der Waals surface area (Å²) in [5.74, 6) is -0.551. The highest BCUT2D eigenvalue weighted by Crippen LogP contribution is 2.27. The molecule has 6 heteroatoms. The molecule has 2 rings (SSSR count). The van der Waals surface area contributed by atoms with Crippen LogP contribution < -0.4 is 5.32 Å². The van der Waals surface area contributed by atoms with Crippen molar-refractivity contribution in [2.75, 3.05) is 13.1 Å². The molecule has 2 N–H and O–H groups in total. The van der Waals surface area contributed by atoms with Gasteiger partial charge in [-0.3, -0.25) is 14.4 Å². The summed E-state index contributed by atoms with van der Waals surface area (Å²) < 4.78 is 0. The highest BCUT2D eigenvalue weighted by molar-refractivity contribution is 5.90. The Morgan fingerprint density at radius 3 is 2.80 bits per heavy atom. The maximum Gasteiger partial charge on any atom is 0.303 e. The number of nitrogens with one attached hydrogen (secondary N) is 1. The zero-order valence-corrected chi connectivity index (χ0v) is 11.8. The van der Waals surface area contributed by atoms with E-state index in [-0.39, 0.29) is 36.1 Å². The third-order valence-corrected chi connectivity index (χ3v) is 4.36. The highest BCUT2D eigenvalue weighted by Gasteiger charge is 2.34. The first kappa shape index (κ1) is 14.8. The highest BCUT2D eigenvalue weighted by atomic mass is 16.4. The van der Waals surface area contributed by atoms with E-state index >= 15 is 0 Å². The summed E-state index contributed by atoms with van der Waals surface area (Å²) in [7, 11) is 0. The minimum absolute atomic E-state index is 0.0110. The Labute approximate surface area is 118 Å². The molecule has 2 heterocycles. The van der Waals surface area contributed by atoms with Gasteiger partial charge in [-0.25, -0.2) is 0 Å². The molecule has 2 unspecified atom stereocenters. The predicted octanol–water partition coefficient (Wildman–Crippen LogP) is 0.614. The molecule has 2 amide bonds. The van der Waals surface area contributed by atoms with Gasteiger partial charge >= 0.3 is 5.97 Å². The van der Waals surface area contributed by atoms with Crippen LogP contribution in [-0.2, 0) is 14.4 Å². The number of hydrogen-bond acceptors (Lipinski definition) is 3. The molecule has 0 aromatic heterocycles. The Hall–Kier alpha value is -1.59. The van der Waals surface area contributed by atoms with E-state index in [1.54, 1.807) is 4.90 Å². The first-order valence-electron chi connectivity index (χ1n) is 7.27. The van der Waals surface area contributed by atoms with E-state index in [9.17, 15) is 14.4 Å². The summed E-state index contributed by atoms with van der Waals surface area (Å²) in [6, 6.07) is -0.379. The number of aliphatic carboxylic acids is 1. The molecule has 6 nitrogen and oxygen atoms in total. The Kier molecular flexibility index (Phi) is 4.62. The van der Waals surface area contributed by atoms with Crippen LogP contribution in [0.5, 0.6) is 0 Å². The van der Waals surface area contributed by atoms with E-state index in [1.807, 2.05) is 6.92 Å². The SMILES string of the molecule is CC(CC(=O)O)C1CCCN(C(=O)[C@@H]2CCC(=O)N2)C1. The molecule has 20 heavy (non-hydrogen) atoms. The maximum atomic E-state index is 12.3. The van der Waals surface area contributed by atoms with E-state index < -0.39 is 5.97 Å². The predicted molar refractivity (Wildman–Crippen MR) is 71.9 cm³/mol. The number of hydrogen-bond donors (Lipinski definition) is 2. The average molecular weight is 282 g/mol. The van der Waals surface area contributed by atoms with Gasteiger partial charge in [0.2, 0.25) is 11.8 Å². The van der Waals surface area contributed by atoms with Crippen LogP contribution >= 0.6 is 0 Å². The minimum atomic E-state index is -0.788. The van der Waals surface area contributed by atoms with Gasteiger partial charge in [-0.15, -0.1) is 0 Å². The summed E-state index contributed by atoms with van der Waals surface area (Å²) in [5, 5.41) is 11.6. The van der Waals surface area contributed by atoms with Gasteiger partial charge < -0.3 is 15.3 Å². The molecule has 0 aromatic carbocycles.